The molecule has 3 rings (SSSR count). The molecule has 0 saturated carbocycles. The molecule has 1 aromatic heterocycles. The Morgan fingerprint density at radius 3 is 3.00 bits per heavy atom. The summed E-state index contributed by atoms with van der Waals surface area (Å²) in [6.07, 6.45) is 1.17. The fraction of sp³-hybridized carbons (Fsp3) is 0.467. The van der Waals surface area contributed by atoms with Crippen LogP contribution in [0.1, 0.15) is 19.2 Å². The normalized spacial score (nSPS) is 18.5. The van der Waals surface area contributed by atoms with E-state index in [0.29, 0.717) is 29.3 Å². The summed E-state index contributed by atoms with van der Waals surface area (Å²) >= 11 is 6.16. The zero-order valence-electron chi connectivity index (χ0n) is 12.1. The van der Waals surface area contributed by atoms with Crippen molar-refractivity contribution in [2.75, 3.05) is 19.6 Å². The second kappa shape index (κ2) is 6.56. The molecule has 1 atom stereocenters. The Morgan fingerprint density at radius 1 is 1.43 bits per heavy atom. The lowest BCUT2D eigenvalue weighted by molar-refractivity contribution is 0.202. The summed E-state index contributed by atoms with van der Waals surface area (Å²) in [6, 6.07) is 8.06. The van der Waals surface area contributed by atoms with Crippen LogP contribution in [0.2, 0.25) is 5.02 Å². The lowest BCUT2D eigenvalue weighted by atomic mass is 10.2. The molecule has 21 heavy (non-hydrogen) atoms. The number of nitrogens with zero attached hydrogens (tertiary/aromatic N) is 3. The molecule has 1 fully saturated rings. The van der Waals surface area contributed by atoms with Crippen molar-refractivity contribution < 1.29 is 4.52 Å². The van der Waals surface area contributed by atoms with Crippen LogP contribution in [0.25, 0.3) is 11.5 Å². The Kier molecular flexibility index (Phi) is 4.53. The summed E-state index contributed by atoms with van der Waals surface area (Å²) in [6.45, 7) is 5.95. The summed E-state index contributed by atoms with van der Waals surface area (Å²) in [7, 11) is 0. The lowest BCUT2D eigenvalue weighted by Gasteiger charge is -2.25. The summed E-state index contributed by atoms with van der Waals surface area (Å²) in [4.78, 5) is 6.85. The maximum absolute atomic E-state index is 6.16. The van der Waals surface area contributed by atoms with Crippen molar-refractivity contribution in [3.05, 3.63) is 35.1 Å². The van der Waals surface area contributed by atoms with E-state index in [4.69, 9.17) is 16.1 Å². The van der Waals surface area contributed by atoms with Crippen LogP contribution in [0.3, 0.4) is 0 Å². The van der Waals surface area contributed by atoms with Crippen LogP contribution in [0.4, 0.5) is 0 Å². The molecule has 1 saturated heterocycles. The lowest BCUT2D eigenvalue weighted by Crippen LogP contribution is -2.36. The second-order valence-corrected chi connectivity index (χ2v) is 5.61. The quantitative estimate of drug-likeness (QED) is 0.920. The Bertz CT molecular complexity index is 595. The number of nitrogens with one attached hydrogen (secondary N) is 1. The van der Waals surface area contributed by atoms with Gasteiger partial charge in [-0.1, -0.05) is 35.8 Å². The molecule has 112 valence electrons. The molecule has 6 heteroatoms. The Balaban J connectivity index is 1.74. The van der Waals surface area contributed by atoms with E-state index < -0.39 is 0 Å². The predicted octanol–water partition coefficient (Wildman–Crippen LogP) is 2.57. The van der Waals surface area contributed by atoms with Crippen molar-refractivity contribution in [3.8, 4) is 11.5 Å². The van der Waals surface area contributed by atoms with Gasteiger partial charge in [0.1, 0.15) is 0 Å². The largest absolute Gasteiger partial charge is 0.334 e. The Labute approximate surface area is 129 Å². The van der Waals surface area contributed by atoms with Crippen LogP contribution < -0.4 is 5.32 Å². The topological polar surface area (TPSA) is 54.2 Å². The minimum absolute atomic E-state index is 0.483. The molecule has 1 aliphatic heterocycles. The van der Waals surface area contributed by atoms with Gasteiger partial charge in [0.05, 0.1) is 17.1 Å². The Hall–Kier alpha value is -1.43. The van der Waals surface area contributed by atoms with Gasteiger partial charge in [0, 0.05) is 12.6 Å². The molecule has 0 bridgehead atoms. The van der Waals surface area contributed by atoms with Crippen molar-refractivity contribution in [3.63, 3.8) is 0 Å². The van der Waals surface area contributed by atoms with E-state index >= 15 is 0 Å². The molecule has 0 amide bonds. The van der Waals surface area contributed by atoms with Crippen molar-refractivity contribution in [2.24, 2.45) is 0 Å². The number of hydrogen-bond acceptors (Lipinski definition) is 5. The molecule has 1 N–H and O–H groups in total. The first kappa shape index (κ1) is 14.5. The predicted molar refractivity (Wildman–Crippen MR) is 82.1 cm³/mol. The maximum Gasteiger partial charge on any atom is 0.259 e. The summed E-state index contributed by atoms with van der Waals surface area (Å²) in [5, 5.41) is 8.10. The first-order valence-corrected chi connectivity index (χ1v) is 7.68. The molecule has 0 spiro atoms. The number of benzene rings is 1. The molecule has 0 radical (unpaired) electrons. The second-order valence-electron chi connectivity index (χ2n) is 5.21. The van der Waals surface area contributed by atoms with Gasteiger partial charge in [-0.3, -0.25) is 4.90 Å². The van der Waals surface area contributed by atoms with Crippen LogP contribution in [0, 0.1) is 0 Å². The number of likely N-dealkylation sites (N-methyl/N-ethyl adjacent to an activating group) is 1. The number of hydrogen-bond donors (Lipinski definition) is 1. The standard InChI is InChI=1S/C15H19ClN4O/c1-2-20(11-7-8-17-9-11)10-14-18-15(21-19-14)12-5-3-4-6-13(12)16/h3-6,11,17H,2,7-10H2,1H3. The molecule has 5 nitrogen and oxygen atoms in total. The number of rotatable bonds is 5. The van der Waals surface area contributed by atoms with Crippen LogP contribution in [-0.2, 0) is 6.54 Å². The fourth-order valence-electron chi connectivity index (χ4n) is 2.69. The third-order valence-corrected chi connectivity index (χ3v) is 4.20. The van der Waals surface area contributed by atoms with E-state index in [-0.39, 0.29) is 0 Å². The summed E-state index contributed by atoms with van der Waals surface area (Å²) < 4.78 is 5.35. The molecule has 1 aliphatic rings. The smallest absolute Gasteiger partial charge is 0.259 e. The zero-order valence-corrected chi connectivity index (χ0v) is 12.8. The first-order valence-electron chi connectivity index (χ1n) is 7.30. The first-order chi connectivity index (χ1) is 10.3. The molecule has 2 heterocycles. The van der Waals surface area contributed by atoms with Gasteiger partial charge in [-0.2, -0.15) is 4.98 Å². The van der Waals surface area contributed by atoms with Crippen LogP contribution in [0.5, 0.6) is 0 Å². The average Bonchev–Trinajstić information content (AvgIpc) is 3.17. The van der Waals surface area contributed by atoms with Crippen molar-refractivity contribution >= 4 is 11.6 Å². The molecule has 2 aromatic rings. The highest BCUT2D eigenvalue weighted by Gasteiger charge is 2.23. The highest BCUT2D eigenvalue weighted by Crippen LogP contribution is 2.26. The van der Waals surface area contributed by atoms with Crippen molar-refractivity contribution in [2.45, 2.75) is 25.9 Å². The van der Waals surface area contributed by atoms with Gasteiger partial charge >= 0.3 is 0 Å². The van der Waals surface area contributed by atoms with Gasteiger partial charge in [-0.25, -0.2) is 0 Å². The summed E-state index contributed by atoms with van der Waals surface area (Å²) in [5.74, 6) is 1.19. The van der Waals surface area contributed by atoms with E-state index in [1.807, 2.05) is 24.3 Å². The molecular formula is C15H19ClN4O. The number of halogens is 1. The van der Waals surface area contributed by atoms with Crippen molar-refractivity contribution in [1.29, 1.82) is 0 Å². The average molecular weight is 307 g/mol. The van der Waals surface area contributed by atoms with Gasteiger partial charge in [-0.15, -0.1) is 0 Å². The molecule has 1 aromatic carbocycles. The van der Waals surface area contributed by atoms with E-state index in [0.717, 1.165) is 25.2 Å². The third kappa shape index (κ3) is 3.26. The molecule has 1 unspecified atom stereocenters. The van der Waals surface area contributed by atoms with Gasteiger partial charge < -0.3 is 9.84 Å². The van der Waals surface area contributed by atoms with Crippen LogP contribution >= 0.6 is 11.6 Å². The van der Waals surface area contributed by atoms with E-state index in [1.165, 1.54) is 6.42 Å². The maximum atomic E-state index is 6.16. The fourth-order valence-corrected chi connectivity index (χ4v) is 2.91. The highest BCUT2D eigenvalue weighted by molar-refractivity contribution is 6.33. The van der Waals surface area contributed by atoms with Crippen molar-refractivity contribution in [1.82, 2.24) is 20.4 Å². The molecular weight excluding hydrogens is 288 g/mol. The highest BCUT2D eigenvalue weighted by atomic mass is 35.5. The van der Waals surface area contributed by atoms with Gasteiger partial charge in [0.25, 0.3) is 5.89 Å². The van der Waals surface area contributed by atoms with Crippen LogP contribution in [0.15, 0.2) is 28.8 Å². The third-order valence-electron chi connectivity index (χ3n) is 3.87. The molecule has 0 aliphatic carbocycles. The van der Waals surface area contributed by atoms with Crippen LogP contribution in [-0.4, -0.2) is 40.7 Å². The Morgan fingerprint density at radius 2 is 2.29 bits per heavy atom. The van der Waals surface area contributed by atoms with E-state index in [9.17, 15) is 0 Å². The minimum atomic E-state index is 0.483. The van der Waals surface area contributed by atoms with Gasteiger partial charge in [0.2, 0.25) is 0 Å². The van der Waals surface area contributed by atoms with E-state index in [1.54, 1.807) is 0 Å². The number of aromatic nitrogens is 2. The van der Waals surface area contributed by atoms with Gasteiger partial charge in [-0.05, 0) is 31.6 Å². The zero-order chi connectivity index (χ0) is 14.7. The minimum Gasteiger partial charge on any atom is -0.334 e. The van der Waals surface area contributed by atoms with E-state index in [2.05, 4.69) is 27.3 Å². The summed E-state index contributed by atoms with van der Waals surface area (Å²) in [5.41, 5.74) is 0.781. The monoisotopic (exact) mass is 306 g/mol. The van der Waals surface area contributed by atoms with Gasteiger partial charge in [0.15, 0.2) is 5.82 Å². The SMILES string of the molecule is CCN(Cc1noc(-c2ccccc2Cl)n1)C1CCNC1.